The van der Waals surface area contributed by atoms with Crippen LogP contribution >= 0.6 is 0 Å². The summed E-state index contributed by atoms with van der Waals surface area (Å²) in [5, 5.41) is 9.12. The van der Waals surface area contributed by atoms with Crippen molar-refractivity contribution in [2.24, 2.45) is 5.92 Å². The van der Waals surface area contributed by atoms with Gasteiger partial charge in [-0.15, -0.1) is 0 Å². The van der Waals surface area contributed by atoms with Crippen LogP contribution in [0, 0.1) is 5.92 Å². The van der Waals surface area contributed by atoms with Crippen molar-refractivity contribution < 1.29 is 29.7 Å². The van der Waals surface area contributed by atoms with Crippen LogP contribution < -0.4 is 0 Å². The first-order chi connectivity index (χ1) is 9.87. The van der Waals surface area contributed by atoms with Gasteiger partial charge in [-0.25, -0.2) is 24.4 Å². The number of rotatable bonds is 10. The van der Waals surface area contributed by atoms with Crippen LogP contribution in [0.1, 0.15) is 68.2 Å². The highest BCUT2D eigenvalue weighted by Gasteiger charge is 2.28. The van der Waals surface area contributed by atoms with Gasteiger partial charge in [0.1, 0.15) is 12.2 Å². The Hall–Kier alpha value is -0.240. The molecule has 0 spiro atoms. The molecule has 0 aliphatic rings. The fraction of sp³-hybridized carbons (Fsp3) is 1.00. The van der Waals surface area contributed by atoms with Gasteiger partial charge in [0, 0.05) is 0 Å². The van der Waals surface area contributed by atoms with Crippen LogP contribution in [0.4, 0.5) is 0 Å². The predicted molar refractivity (Wildman–Crippen MR) is 84.1 cm³/mol. The Morgan fingerprint density at radius 3 is 1.82 bits per heavy atom. The van der Waals surface area contributed by atoms with E-state index < -0.39 is 11.2 Å². The van der Waals surface area contributed by atoms with E-state index in [0.29, 0.717) is 13.0 Å². The zero-order valence-electron chi connectivity index (χ0n) is 15.4. The predicted octanol–water partition coefficient (Wildman–Crippen LogP) is 4.14. The molecule has 0 aliphatic carbocycles. The van der Waals surface area contributed by atoms with Crippen molar-refractivity contribution in [2.75, 3.05) is 13.2 Å². The molecule has 2 atom stereocenters. The molecule has 0 radical (unpaired) electrons. The maximum Gasteiger partial charge on any atom is 0.127 e. The molecule has 0 rings (SSSR count). The lowest BCUT2D eigenvalue weighted by molar-refractivity contribution is -0.400. The van der Waals surface area contributed by atoms with Crippen LogP contribution in [0.2, 0.25) is 0 Å². The largest absolute Gasteiger partial charge is 0.251 e. The van der Waals surface area contributed by atoms with E-state index in [9.17, 15) is 0 Å². The van der Waals surface area contributed by atoms with Crippen molar-refractivity contribution in [2.45, 2.75) is 85.0 Å². The van der Waals surface area contributed by atoms with Gasteiger partial charge < -0.3 is 0 Å². The molecule has 1 N–H and O–H groups in total. The number of hydrogen-bond acceptors (Lipinski definition) is 6. The van der Waals surface area contributed by atoms with E-state index in [-0.39, 0.29) is 18.1 Å². The second-order valence-corrected chi connectivity index (χ2v) is 8.12. The minimum Gasteiger partial charge on any atom is -0.251 e. The molecule has 0 saturated carbocycles. The Labute approximate surface area is 134 Å². The van der Waals surface area contributed by atoms with Gasteiger partial charge in [0.2, 0.25) is 0 Å². The lowest BCUT2D eigenvalue weighted by Crippen LogP contribution is -2.36. The Balaban J connectivity index is 4.05. The Bertz CT molecular complexity index is 294. The van der Waals surface area contributed by atoms with Gasteiger partial charge in [-0.1, -0.05) is 6.92 Å². The average Bonchev–Trinajstić information content (AvgIpc) is 2.33. The SMILES string of the molecule is CC(CCC(C)(COOC(C)(C)C)OO)COOC(C)(C)C. The summed E-state index contributed by atoms with van der Waals surface area (Å²) >= 11 is 0. The van der Waals surface area contributed by atoms with Gasteiger partial charge in [0.05, 0.1) is 17.8 Å². The third-order valence-electron chi connectivity index (χ3n) is 2.72. The molecule has 6 heteroatoms. The van der Waals surface area contributed by atoms with Crippen LogP contribution in [-0.4, -0.2) is 35.3 Å². The molecule has 0 fully saturated rings. The highest BCUT2D eigenvalue weighted by Crippen LogP contribution is 2.22. The molecule has 0 amide bonds. The Kier molecular flexibility index (Phi) is 9.05. The zero-order chi connectivity index (χ0) is 17.4. The highest BCUT2D eigenvalue weighted by molar-refractivity contribution is 4.74. The van der Waals surface area contributed by atoms with Gasteiger partial charge in [-0.2, -0.15) is 0 Å². The van der Waals surface area contributed by atoms with Gasteiger partial charge in [0.15, 0.2) is 0 Å². The van der Waals surface area contributed by atoms with Crippen molar-refractivity contribution in [1.82, 2.24) is 0 Å². The lowest BCUT2D eigenvalue weighted by atomic mass is 9.95. The molecule has 134 valence electrons. The molecular weight excluding hydrogens is 288 g/mol. The summed E-state index contributed by atoms with van der Waals surface area (Å²) in [6, 6.07) is 0. The highest BCUT2D eigenvalue weighted by atomic mass is 17.2. The monoisotopic (exact) mass is 322 g/mol. The van der Waals surface area contributed by atoms with E-state index >= 15 is 0 Å². The summed E-state index contributed by atoms with van der Waals surface area (Å²) in [5.41, 5.74) is -1.53. The van der Waals surface area contributed by atoms with E-state index in [2.05, 4.69) is 11.8 Å². The minimum absolute atomic E-state index is 0.146. The van der Waals surface area contributed by atoms with Crippen molar-refractivity contribution in [3.05, 3.63) is 0 Å². The summed E-state index contributed by atoms with van der Waals surface area (Å²) in [5.74, 6) is 0.264. The molecule has 0 heterocycles. The van der Waals surface area contributed by atoms with Crippen LogP contribution in [0.5, 0.6) is 0 Å². The van der Waals surface area contributed by atoms with Crippen LogP contribution in [0.15, 0.2) is 0 Å². The van der Waals surface area contributed by atoms with E-state index in [0.717, 1.165) is 6.42 Å². The molecule has 22 heavy (non-hydrogen) atoms. The summed E-state index contributed by atoms with van der Waals surface area (Å²) in [6.45, 7) is 15.9. The minimum atomic E-state index is -0.815. The summed E-state index contributed by atoms with van der Waals surface area (Å²) in [7, 11) is 0. The molecule has 0 aliphatic heterocycles. The maximum atomic E-state index is 9.12. The standard InChI is InChI=1S/C16H34O6/c1-13(11-18-21-14(2,3)4)9-10-16(8,20-17)12-19-22-15(5,6)7/h13,17H,9-12H2,1-8H3. The molecular formula is C16H34O6. The van der Waals surface area contributed by atoms with Crippen molar-refractivity contribution in [3.63, 3.8) is 0 Å². The normalized spacial score (nSPS) is 17.3. The van der Waals surface area contributed by atoms with Crippen molar-refractivity contribution in [3.8, 4) is 0 Å². The second kappa shape index (κ2) is 9.15. The third kappa shape index (κ3) is 12.3. The van der Waals surface area contributed by atoms with E-state index in [4.69, 9.17) is 24.8 Å². The maximum absolute atomic E-state index is 9.12. The Morgan fingerprint density at radius 1 is 0.864 bits per heavy atom. The summed E-state index contributed by atoms with van der Waals surface area (Å²) in [4.78, 5) is 25.4. The first-order valence-corrected chi connectivity index (χ1v) is 7.81. The molecule has 6 nitrogen and oxygen atoms in total. The van der Waals surface area contributed by atoms with Crippen LogP contribution in [-0.2, 0) is 24.4 Å². The van der Waals surface area contributed by atoms with E-state index in [1.54, 1.807) is 6.92 Å². The van der Waals surface area contributed by atoms with Crippen molar-refractivity contribution in [1.29, 1.82) is 0 Å². The molecule has 0 aromatic carbocycles. The van der Waals surface area contributed by atoms with E-state index in [1.807, 2.05) is 41.5 Å². The van der Waals surface area contributed by atoms with Gasteiger partial charge in [0.25, 0.3) is 0 Å². The summed E-state index contributed by atoms with van der Waals surface area (Å²) < 4.78 is 0. The first kappa shape index (κ1) is 21.8. The van der Waals surface area contributed by atoms with Crippen LogP contribution in [0.3, 0.4) is 0 Å². The molecule has 2 unspecified atom stereocenters. The zero-order valence-corrected chi connectivity index (χ0v) is 15.4. The third-order valence-corrected chi connectivity index (χ3v) is 2.72. The first-order valence-electron chi connectivity index (χ1n) is 7.81. The molecule has 0 bridgehead atoms. The summed E-state index contributed by atoms with van der Waals surface area (Å²) in [6.07, 6.45) is 1.40. The average molecular weight is 322 g/mol. The fourth-order valence-electron chi connectivity index (χ4n) is 1.44. The van der Waals surface area contributed by atoms with Gasteiger partial charge in [-0.05, 0) is 67.2 Å². The fourth-order valence-corrected chi connectivity index (χ4v) is 1.44. The lowest BCUT2D eigenvalue weighted by Gasteiger charge is -2.28. The Morgan fingerprint density at radius 2 is 1.36 bits per heavy atom. The second-order valence-electron chi connectivity index (χ2n) is 8.12. The van der Waals surface area contributed by atoms with Gasteiger partial charge >= 0.3 is 0 Å². The molecule has 0 saturated heterocycles. The van der Waals surface area contributed by atoms with Gasteiger partial charge in [-0.3, -0.25) is 5.26 Å². The topological polar surface area (TPSA) is 66.4 Å². The molecule has 0 aromatic rings. The van der Waals surface area contributed by atoms with Crippen LogP contribution in [0.25, 0.3) is 0 Å². The smallest absolute Gasteiger partial charge is 0.127 e. The quantitative estimate of drug-likeness (QED) is 0.481. The van der Waals surface area contributed by atoms with E-state index in [1.165, 1.54) is 0 Å². The number of hydrogen-bond donors (Lipinski definition) is 1. The van der Waals surface area contributed by atoms with Crippen molar-refractivity contribution >= 4 is 0 Å². The molecule has 0 aromatic heterocycles.